The summed E-state index contributed by atoms with van der Waals surface area (Å²) in [6.45, 7) is 9.34. The van der Waals surface area contributed by atoms with Gasteiger partial charge in [0, 0.05) is 30.8 Å². The van der Waals surface area contributed by atoms with E-state index in [9.17, 15) is 4.79 Å². The Hall–Kier alpha value is -3.02. The van der Waals surface area contributed by atoms with Crippen LogP contribution in [0.4, 0.5) is 0 Å². The van der Waals surface area contributed by atoms with Crippen molar-refractivity contribution < 1.29 is 9.53 Å². The molecule has 0 radical (unpaired) electrons. The van der Waals surface area contributed by atoms with Gasteiger partial charge in [0.25, 0.3) is 5.91 Å². The van der Waals surface area contributed by atoms with E-state index in [-0.39, 0.29) is 5.91 Å². The fourth-order valence-electron chi connectivity index (χ4n) is 3.20. The van der Waals surface area contributed by atoms with Gasteiger partial charge in [0.15, 0.2) is 5.96 Å². The normalized spacial score (nSPS) is 13.6. The zero-order valence-electron chi connectivity index (χ0n) is 18.8. The van der Waals surface area contributed by atoms with Crippen molar-refractivity contribution >= 4 is 11.9 Å². The molecule has 1 saturated carbocycles. The molecule has 0 heterocycles. The molecule has 0 atom stereocenters. The topological polar surface area (TPSA) is 74.8 Å². The Kier molecular flexibility index (Phi) is 8.33. The lowest BCUT2D eigenvalue weighted by molar-refractivity contribution is 0.0955. The third-order valence-electron chi connectivity index (χ3n) is 5.13. The van der Waals surface area contributed by atoms with Gasteiger partial charge in [0.2, 0.25) is 0 Å². The van der Waals surface area contributed by atoms with Crippen LogP contribution in [0.2, 0.25) is 0 Å². The summed E-state index contributed by atoms with van der Waals surface area (Å²) in [6.07, 6.45) is 2.55. The Morgan fingerprint density at radius 3 is 2.61 bits per heavy atom. The number of amides is 1. The van der Waals surface area contributed by atoms with Crippen molar-refractivity contribution in [1.29, 1.82) is 0 Å². The van der Waals surface area contributed by atoms with E-state index in [0.29, 0.717) is 25.2 Å². The number of hydrogen-bond acceptors (Lipinski definition) is 3. The lowest BCUT2D eigenvalue weighted by Gasteiger charge is -2.15. The Morgan fingerprint density at radius 2 is 1.87 bits per heavy atom. The molecule has 0 saturated heterocycles. The highest BCUT2D eigenvalue weighted by molar-refractivity contribution is 5.94. The number of nitrogens with one attached hydrogen (secondary N) is 3. The highest BCUT2D eigenvalue weighted by atomic mass is 16.5. The SMILES string of the molecule is CCNC(=O)c1cccc(CN=C(NCC)NCc2ccc(C)cc2OCC2CC2)c1. The Labute approximate surface area is 185 Å². The number of rotatable bonds is 10. The molecule has 0 unspecified atom stereocenters. The van der Waals surface area contributed by atoms with E-state index in [1.807, 2.05) is 38.1 Å². The van der Waals surface area contributed by atoms with Gasteiger partial charge in [0.1, 0.15) is 5.75 Å². The minimum atomic E-state index is -0.0588. The van der Waals surface area contributed by atoms with Crippen LogP contribution >= 0.6 is 0 Å². The third-order valence-corrected chi connectivity index (χ3v) is 5.13. The van der Waals surface area contributed by atoms with Crippen LogP contribution in [-0.4, -0.2) is 31.6 Å². The summed E-state index contributed by atoms with van der Waals surface area (Å²) >= 11 is 0. The Balaban J connectivity index is 1.64. The molecule has 3 rings (SSSR count). The molecule has 1 amide bonds. The molecule has 166 valence electrons. The fraction of sp³-hybridized carbons (Fsp3) is 0.440. The zero-order valence-corrected chi connectivity index (χ0v) is 18.8. The van der Waals surface area contributed by atoms with Crippen LogP contribution in [0.15, 0.2) is 47.5 Å². The number of benzene rings is 2. The van der Waals surface area contributed by atoms with Crippen molar-refractivity contribution in [3.05, 3.63) is 64.7 Å². The first-order valence-electron chi connectivity index (χ1n) is 11.2. The first-order chi connectivity index (χ1) is 15.1. The van der Waals surface area contributed by atoms with E-state index in [1.54, 1.807) is 0 Å². The predicted molar refractivity (Wildman–Crippen MR) is 126 cm³/mol. The number of carbonyl (C=O) groups is 1. The van der Waals surface area contributed by atoms with E-state index in [4.69, 9.17) is 9.73 Å². The highest BCUT2D eigenvalue weighted by Gasteiger charge is 2.22. The monoisotopic (exact) mass is 422 g/mol. The van der Waals surface area contributed by atoms with Crippen molar-refractivity contribution in [1.82, 2.24) is 16.0 Å². The number of nitrogens with zero attached hydrogens (tertiary/aromatic N) is 1. The molecule has 6 nitrogen and oxygen atoms in total. The molecule has 6 heteroatoms. The average molecular weight is 423 g/mol. The zero-order chi connectivity index (χ0) is 22.1. The second-order valence-corrected chi connectivity index (χ2v) is 7.97. The molecular weight excluding hydrogens is 388 g/mol. The van der Waals surface area contributed by atoms with Gasteiger partial charge in [-0.15, -0.1) is 0 Å². The number of aryl methyl sites for hydroxylation is 1. The summed E-state index contributed by atoms with van der Waals surface area (Å²) in [6, 6.07) is 13.9. The predicted octanol–water partition coefficient (Wildman–Crippen LogP) is 3.79. The van der Waals surface area contributed by atoms with E-state index in [2.05, 4.69) is 41.1 Å². The number of hydrogen-bond donors (Lipinski definition) is 3. The van der Waals surface area contributed by atoms with E-state index in [1.165, 1.54) is 18.4 Å². The number of carbonyl (C=O) groups excluding carboxylic acids is 1. The van der Waals surface area contributed by atoms with Crippen molar-refractivity contribution in [2.24, 2.45) is 10.9 Å². The maximum Gasteiger partial charge on any atom is 0.251 e. The lowest BCUT2D eigenvalue weighted by atomic mass is 10.1. The Morgan fingerprint density at radius 1 is 1.06 bits per heavy atom. The molecule has 0 aliphatic heterocycles. The second-order valence-electron chi connectivity index (χ2n) is 7.97. The number of ether oxygens (including phenoxy) is 1. The minimum Gasteiger partial charge on any atom is -0.493 e. The van der Waals surface area contributed by atoms with Gasteiger partial charge in [0.05, 0.1) is 13.2 Å². The summed E-state index contributed by atoms with van der Waals surface area (Å²) in [7, 11) is 0. The summed E-state index contributed by atoms with van der Waals surface area (Å²) in [4.78, 5) is 16.8. The van der Waals surface area contributed by atoms with E-state index >= 15 is 0 Å². The van der Waals surface area contributed by atoms with Crippen LogP contribution in [0, 0.1) is 12.8 Å². The largest absolute Gasteiger partial charge is 0.493 e. The van der Waals surface area contributed by atoms with E-state index < -0.39 is 0 Å². The van der Waals surface area contributed by atoms with Crippen molar-refractivity contribution in [2.45, 2.75) is 46.7 Å². The maximum absolute atomic E-state index is 12.1. The van der Waals surface area contributed by atoms with Crippen LogP contribution in [0.25, 0.3) is 0 Å². The van der Waals surface area contributed by atoms with Crippen LogP contribution in [-0.2, 0) is 13.1 Å². The molecule has 31 heavy (non-hydrogen) atoms. The van der Waals surface area contributed by atoms with Gasteiger partial charge in [-0.25, -0.2) is 4.99 Å². The summed E-state index contributed by atoms with van der Waals surface area (Å²) in [5.74, 6) is 2.34. The van der Waals surface area contributed by atoms with Gasteiger partial charge in [-0.3, -0.25) is 4.79 Å². The minimum absolute atomic E-state index is 0.0588. The van der Waals surface area contributed by atoms with Gasteiger partial charge in [-0.05, 0) is 68.9 Å². The molecule has 1 fully saturated rings. The first-order valence-corrected chi connectivity index (χ1v) is 11.2. The second kappa shape index (κ2) is 11.4. The average Bonchev–Trinajstić information content (AvgIpc) is 3.60. The standard InChI is InChI=1S/C25H34N4O2/c1-4-26-24(30)21-8-6-7-20(14-21)15-28-25(27-5-2)29-16-22-12-9-18(3)13-23(22)31-17-19-10-11-19/h6-9,12-14,19H,4-5,10-11,15-17H2,1-3H3,(H,26,30)(H2,27,28,29). The van der Waals surface area contributed by atoms with Gasteiger partial charge in [-0.2, -0.15) is 0 Å². The van der Waals surface area contributed by atoms with Crippen molar-refractivity contribution in [2.75, 3.05) is 19.7 Å². The molecule has 1 aliphatic carbocycles. The molecule has 3 N–H and O–H groups in total. The molecule has 2 aromatic rings. The van der Waals surface area contributed by atoms with Crippen LogP contribution in [0.5, 0.6) is 5.75 Å². The van der Waals surface area contributed by atoms with Crippen LogP contribution in [0.1, 0.15) is 53.7 Å². The lowest BCUT2D eigenvalue weighted by Crippen LogP contribution is -2.36. The maximum atomic E-state index is 12.1. The molecule has 2 aromatic carbocycles. The molecule has 1 aliphatic rings. The van der Waals surface area contributed by atoms with Gasteiger partial charge in [-0.1, -0.05) is 24.3 Å². The van der Waals surface area contributed by atoms with E-state index in [0.717, 1.165) is 41.9 Å². The number of aliphatic imine (C=N–C) groups is 1. The first kappa shape index (κ1) is 22.7. The molecular formula is C25H34N4O2. The molecule has 0 spiro atoms. The fourth-order valence-corrected chi connectivity index (χ4v) is 3.20. The number of guanidine groups is 1. The summed E-state index contributed by atoms with van der Waals surface area (Å²) in [5.41, 5.74) is 3.96. The quantitative estimate of drug-likeness (QED) is 0.402. The van der Waals surface area contributed by atoms with Crippen LogP contribution in [0.3, 0.4) is 0 Å². The summed E-state index contributed by atoms with van der Waals surface area (Å²) < 4.78 is 6.08. The van der Waals surface area contributed by atoms with Crippen molar-refractivity contribution in [3.8, 4) is 5.75 Å². The highest BCUT2D eigenvalue weighted by Crippen LogP contribution is 2.30. The van der Waals surface area contributed by atoms with Gasteiger partial charge >= 0.3 is 0 Å². The molecule has 0 aromatic heterocycles. The smallest absolute Gasteiger partial charge is 0.251 e. The van der Waals surface area contributed by atoms with Crippen molar-refractivity contribution in [3.63, 3.8) is 0 Å². The van der Waals surface area contributed by atoms with Crippen LogP contribution < -0.4 is 20.7 Å². The van der Waals surface area contributed by atoms with Gasteiger partial charge < -0.3 is 20.7 Å². The summed E-state index contributed by atoms with van der Waals surface area (Å²) in [5, 5.41) is 9.53. The Bertz CT molecular complexity index is 906. The molecule has 0 bridgehead atoms. The third kappa shape index (κ3) is 7.31.